The summed E-state index contributed by atoms with van der Waals surface area (Å²) in [7, 11) is 3.38. The molecular weight excluding hydrogens is 404 g/mol. The van der Waals surface area contributed by atoms with Crippen LogP contribution in [0.25, 0.3) is 6.08 Å². The number of ether oxygens (including phenoxy) is 2. The summed E-state index contributed by atoms with van der Waals surface area (Å²) in [6.45, 7) is 9.10. The van der Waals surface area contributed by atoms with Gasteiger partial charge in [-0.3, -0.25) is 9.59 Å². The summed E-state index contributed by atoms with van der Waals surface area (Å²) in [6, 6.07) is 13.0. The number of amides is 2. The topological polar surface area (TPSA) is 67.9 Å². The third kappa shape index (κ3) is 7.45. The Morgan fingerprint density at radius 1 is 1.03 bits per heavy atom. The maximum absolute atomic E-state index is 12.3. The average molecular weight is 439 g/mol. The van der Waals surface area contributed by atoms with Gasteiger partial charge in [-0.15, -0.1) is 0 Å². The Bertz CT molecular complexity index is 933. The van der Waals surface area contributed by atoms with Crippen LogP contribution < -0.4 is 14.8 Å². The first-order chi connectivity index (χ1) is 15.2. The van der Waals surface area contributed by atoms with Crippen LogP contribution in [-0.2, 0) is 11.3 Å². The second-order valence-electron chi connectivity index (χ2n) is 8.37. The first-order valence-corrected chi connectivity index (χ1v) is 10.8. The lowest BCUT2D eigenvalue weighted by molar-refractivity contribution is -0.116. The van der Waals surface area contributed by atoms with Crippen molar-refractivity contribution < 1.29 is 19.1 Å². The third-order valence-electron chi connectivity index (χ3n) is 4.95. The highest BCUT2D eigenvalue weighted by molar-refractivity contribution is 5.94. The number of nitrogens with one attached hydrogen (secondary N) is 1. The number of carbonyl (C=O) groups excluding carboxylic acids is 2. The van der Waals surface area contributed by atoms with E-state index in [1.165, 1.54) is 6.08 Å². The van der Waals surface area contributed by atoms with E-state index in [9.17, 15) is 9.59 Å². The molecule has 0 aliphatic carbocycles. The highest BCUT2D eigenvalue weighted by atomic mass is 16.5. The number of hydrogen-bond donors (Lipinski definition) is 1. The fourth-order valence-corrected chi connectivity index (χ4v) is 2.79. The van der Waals surface area contributed by atoms with Crippen LogP contribution in [0, 0.1) is 5.92 Å². The van der Waals surface area contributed by atoms with Gasteiger partial charge in [0.1, 0.15) is 0 Å². The Morgan fingerprint density at radius 2 is 1.72 bits per heavy atom. The van der Waals surface area contributed by atoms with Crippen LogP contribution in [0.4, 0.5) is 0 Å². The van der Waals surface area contributed by atoms with Crippen LogP contribution in [0.15, 0.2) is 48.5 Å². The van der Waals surface area contributed by atoms with Crippen molar-refractivity contribution in [2.75, 3.05) is 20.8 Å². The van der Waals surface area contributed by atoms with Crippen LogP contribution in [-0.4, -0.2) is 43.5 Å². The predicted molar refractivity (Wildman–Crippen MR) is 128 cm³/mol. The minimum atomic E-state index is -0.205. The molecule has 2 aromatic carbocycles. The van der Waals surface area contributed by atoms with Gasteiger partial charge in [-0.2, -0.15) is 0 Å². The molecule has 0 fully saturated rings. The molecule has 6 nitrogen and oxygen atoms in total. The molecule has 0 radical (unpaired) electrons. The molecule has 0 spiro atoms. The molecule has 0 saturated heterocycles. The fourth-order valence-electron chi connectivity index (χ4n) is 2.79. The molecule has 0 aromatic heterocycles. The highest BCUT2D eigenvalue weighted by Crippen LogP contribution is 2.29. The lowest BCUT2D eigenvalue weighted by Gasteiger charge is -2.21. The smallest absolute Gasteiger partial charge is 0.253 e. The van der Waals surface area contributed by atoms with E-state index in [1.54, 1.807) is 37.3 Å². The Kier molecular flexibility index (Phi) is 9.32. The lowest BCUT2D eigenvalue weighted by atomic mass is 10.1. The zero-order chi connectivity index (χ0) is 23.7. The largest absolute Gasteiger partial charge is 0.493 e. The van der Waals surface area contributed by atoms with E-state index in [2.05, 4.69) is 19.2 Å². The molecule has 0 bridgehead atoms. The summed E-state index contributed by atoms with van der Waals surface area (Å²) in [4.78, 5) is 26.3. The first-order valence-electron chi connectivity index (χ1n) is 10.8. The van der Waals surface area contributed by atoms with Crippen molar-refractivity contribution in [3.8, 4) is 11.5 Å². The van der Waals surface area contributed by atoms with Crippen LogP contribution in [0.5, 0.6) is 11.5 Å². The monoisotopic (exact) mass is 438 g/mol. The predicted octanol–water partition coefficient (Wildman–Crippen LogP) is 4.54. The van der Waals surface area contributed by atoms with Gasteiger partial charge >= 0.3 is 0 Å². The van der Waals surface area contributed by atoms with Gasteiger partial charge in [0, 0.05) is 31.3 Å². The van der Waals surface area contributed by atoms with Gasteiger partial charge in [-0.25, -0.2) is 0 Å². The molecule has 0 unspecified atom stereocenters. The van der Waals surface area contributed by atoms with Crippen molar-refractivity contribution in [3.05, 3.63) is 65.2 Å². The number of methoxy groups -OCH3 is 1. The Balaban J connectivity index is 1.92. The molecule has 32 heavy (non-hydrogen) atoms. The van der Waals surface area contributed by atoms with E-state index in [0.717, 1.165) is 11.1 Å². The van der Waals surface area contributed by atoms with E-state index in [-0.39, 0.29) is 17.9 Å². The van der Waals surface area contributed by atoms with Crippen molar-refractivity contribution in [2.24, 2.45) is 5.92 Å². The molecular formula is C26H34N2O4. The van der Waals surface area contributed by atoms with E-state index < -0.39 is 0 Å². The molecule has 1 N–H and O–H groups in total. The van der Waals surface area contributed by atoms with Crippen LogP contribution in [0.1, 0.15) is 49.2 Å². The SMILES string of the molecule is COc1cc(/C=C/C(=O)NCc2ccc(C(=O)N(C)C(C)C)cc2)ccc1OCC(C)C. The van der Waals surface area contributed by atoms with Gasteiger partial charge in [-0.1, -0.05) is 32.0 Å². The molecule has 0 aliphatic heterocycles. The first kappa shape index (κ1) is 25.0. The maximum Gasteiger partial charge on any atom is 0.253 e. The molecule has 2 aromatic rings. The van der Waals surface area contributed by atoms with E-state index in [4.69, 9.17) is 9.47 Å². The molecule has 0 heterocycles. The summed E-state index contributed by atoms with van der Waals surface area (Å²) in [5.74, 6) is 1.51. The van der Waals surface area contributed by atoms with Crippen molar-refractivity contribution in [2.45, 2.75) is 40.3 Å². The van der Waals surface area contributed by atoms with Gasteiger partial charge in [0.2, 0.25) is 5.91 Å². The zero-order valence-corrected chi connectivity index (χ0v) is 19.8. The average Bonchev–Trinajstić information content (AvgIpc) is 2.79. The quantitative estimate of drug-likeness (QED) is 0.553. The Labute approximate surface area is 191 Å². The summed E-state index contributed by atoms with van der Waals surface area (Å²) >= 11 is 0. The van der Waals surface area contributed by atoms with Crippen LogP contribution >= 0.6 is 0 Å². The second kappa shape index (κ2) is 11.9. The van der Waals surface area contributed by atoms with E-state index in [0.29, 0.717) is 36.1 Å². The molecule has 0 aliphatic rings. The minimum Gasteiger partial charge on any atom is -0.493 e. The standard InChI is InChI=1S/C26H34N2O4/c1-18(2)17-32-23-13-9-20(15-24(23)31-6)10-14-25(29)27-16-21-7-11-22(12-8-21)26(30)28(5)19(3)4/h7-15,18-19H,16-17H2,1-6H3,(H,27,29)/b14-10+. The Hall–Kier alpha value is -3.28. The molecule has 2 amide bonds. The number of carbonyl (C=O) groups is 2. The molecule has 0 atom stereocenters. The number of nitrogens with zero attached hydrogens (tertiary/aromatic N) is 1. The van der Waals surface area contributed by atoms with Crippen LogP contribution in [0.3, 0.4) is 0 Å². The van der Waals surface area contributed by atoms with Crippen molar-refractivity contribution in [3.63, 3.8) is 0 Å². The zero-order valence-electron chi connectivity index (χ0n) is 19.8. The highest BCUT2D eigenvalue weighted by Gasteiger charge is 2.14. The number of rotatable bonds is 10. The second-order valence-corrected chi connectivity index (χ2v) is 8.37. The number of hydrogen-bond acceptors (Lipinski definition) is 4. The van der Waals surface area contributed by atoms with Gasteiger partial charge in [-0.05, 0) is 61.2 Å². The molecule has 172 valence electrons. The van der Waals surface area contributed by atoms with E-state index in [1.807, 2.05) is 44.2 Å². The van der Waals surface area contributed by atoms with Gasteiger partial charge in [0.05, 0.1) is 13.7 Å². The van der Waals surface area contributed by atoms with Crippen molar-refractivity contribution in [1.82, 2.24) is 10.2 Å². The third-order valence-corrected chi connectivity index (χ3v) is 4.95. The fraction of sp³-hybridized carbons (Fsp3) is 0.385. The maximum atomic E-state index is 12.3. The lowest BCUT2D eigenvalue weighted by Crippen LogP contribution is -2.32. The van der Waals surface area contributed by atoms with Gasteiger partial charge < -0.3 is 19.7 Å². The van der Waals surface area contributed by atoms with Gasteiger partial charge in [0.15, 0.2) is 11.5 Å². The normalized spacial score (nSPS) is 11.1. The molecule has 2 rings (SSSR count). The summed E-state index contributed by atoms with van der Waals surface area (Å²) in [5.41, 5.74) is 2.39. The van der Waals surface area contributed by atoms with E-state index >= 15 is 0 Å². The summed E-state index contributed by atoms with van der Waals surface area (Å²) in [6.07, 6.45) is 3.21. The minimum absolute atomic E-state index is 0.0189. The van der Waals surface area contributed by atoms with Crippen molar-refractivity contribution >= 4 is 17.9 Å². The number of benzene rings is 2. The van der Waals surface area contributed by atoms with Gasteiger partial charge in [0.25, 0.3) is 5.91 Å². The van der Waals surface area contributed by atoms with Crippen molar-refractivity contribution in [1.29, 1.82) is 0 Å². The summed E-state index contributed by atoms with van der Waals surface area (Å²) in [5, 5.41) is 2.85. The van der Waals surface area contributed by atoms with Crippen LogP contribution in [0.2, 0.25) is 0 Å². The molecule has 0 saturated carbocycles. The summed E-state index contributed by atoms with van der Waals surface area (Å²) < 4.78 is 11.2. The Morgan fingerprint density at radius 3 is 2.31 bits per heavy atom. The molecule has 6 heteroatoms.